The third-order valence-corrected chi connectivity index (χ3v) is 5.71. The number of amides is 2. The molecule has 0 bridgehead atoms. The Bertz CT molecular complexity index is 1070. The number of likely N-dealkylation sites (N-methyl/N-ethyl adjacent to an activating group) is 1. The van der Waals surface area contributed by atoms with Crippen LogP contribution in [0.5, 0.6) is 5.75 Å². The quantitative estimate of drug-likeness (QED) is 0.677. The van der Waals surface area contributed by atoms with Crippen molar-refractivity contribution in [3.63, 3.8) is 0 Å². The molecule has 0 saturated carbocycles. The number of carbonyl (C=O) groups excluding carboxylic acids is 2. The summed E-state index contributed by atoms with van der Waals surface area (Å²) in [6.45, 7) is 2.52. The topological polar surface area (TPSA) is 53.1 Å². The Labute approximate surface area is 183 Å². The van der Waals surface area contributed by atoms with Crippen LogP contribution in [0.4, 0.5) is 18.9 Å². The normalized spacial score (nSPS) is 18.0. The average Bonchev–Trinajstić information content (AvgIpc) is 3.03. The third-order valence-electron chi connectivity index (χ3n) is 5.71. The van der Waals surface area contributed by atoms with E-state index in [1.54, 1.807) is 24.3 Å². The van der Waals surface area contributed by atoms with E-state index in [1.807, 2.05) is 11.9 Å². The number of para-hydroxylation sites is 1. The summed E-state index contributed by atoms with van der Waals surface area (Å²) in [5.41, 5.74) is 0.142. The van der Waals surface area contributed by atoms with E-state index in [9.17, 15) is 22.8 Å². The Morgan fingerprint density at radius 3 is 2.09 bits per heavy atom. The summed E-state index contributed by atoms with van der Waals surface area (Å²) in [5, 5.41) is 0. The van der Waals surface area contributed by atoms with Gasteiger partial charge in [-0.15, -0.1) is 0 Å². The molecule has 1 saturated heterocycles. The summed E-state index contributed by atoms with van der Waals surface area (Å²) in [6.07, 6.45) is -4.51. The first-order valence-corrected chi connectivity index (χ1v) is 10.1. The number of anilines is 1. The zero-order chi connectivity index (χ0) is 23.0. The zero-order valence-corrected chi connectivity index (χ0v) is 17.6. The number of hydrogen-bond donors (Lipinski definition) is 0. The fourth-order valence-electron chi connectivity index (χ4n) is 3.97. The van der Waals surface area contributed by atoms with Crippen molar-refractivity contribution < 1.29 is 27.5 Å². The molecular formula is C23H22F3N3O3. The number of alkyl halides is 3. The highest BCUT2D eigenvalue weighted by Gasteiger charge is 2.44. The SMILES string of the molecule is COc1ccccc1C1=C(N2CCN(C)CC2)C(=O)N(c2ccc(C(F)(F)F)cc2)C1=O. The second-order valence-electron chi connectivity index (χ2n) is 7.70. The molecule has 0 unspecified atom stereocenters. The fourth-order valence-corrected chi connectivity index (χ4v) is 3.97. The molecule has 6 nitrogen and oxygen atoms in total. The Kier molecular flexibility index (Phi) is 5.68. The van der Waals surface area contributed by atoms with Crippen LogP contribution < -0.4 is 9.64 Å². The van der Waals surface area contributed by atoms with Crippen molar-refractivity contribution in [1.82, 2.24) is 9.80 Å². The van der Waals surface area contributed by atoms with E-state index in [0.29, 0.717) is 37.5 Å². The van der Waals surface area contributed by atoms with E-state index in [-0.39, 0.29) is 17.0 Å². The lowest BCUT2D eigenvalue weighted by Crippen LogP contribution is -2.46. The van der Waals surface area contributed by atoms with E-state index in [1.165, 1.54) is 7.11 Å². The van der Waals surface area contributed by atoms with Crippen molar-refractivity contribution in [3.05, 3.63) is 65.4 Å². The molecule has 2 aromatic rings. The number of piperazine rings is 1. The molecule has 0 atom stereocenters. The molecule has 2 aliphatic heterocycles. The summed E-state index contributed by atoms with van der Waals surface area (Å²) in [6, 6.07) is 10.9. The molecule has 2 amide bonds. The van der Waals surface area contributed by atoms with Gasteiger partial charge in [0, 0.05) is 31.7 Å². The van der Waals surface area contributed by atoms with Crippen molar-refractivity contribution in [2.24, 2.45) is 0 Å². The van der Waals surface area contributed by atoms with Gasteiger partial charge >= 0.3 is 6.18 Å². The first-order valence-electron chi connectivity index (χ1n) is 10.1. The molecule has 0 spiro atoms. The molecule has 2 aromatic carbocycles. The van der Waals surface area contributed by atoms with Gasteiger partial charge in [-0.1, -0.05) is 18.2 Å². The first-order chi connectivity index (χ1) is 15.2. The summed E-state index contributed by atoms with van der Waals surface area (Å²) < 4.78 is 44.3. The number of rotatable bonds is 4. The van der Waals surface area contributed by atoms with Gasteiger partial charge in [0.25, 0.3) is 11.8 Å². The fraction of sp³-hybridized carbons (Fsp3) is 0.304. The van der Waals surface area contributed by atoms with Gasteiger partial charge in [0.05, 0.1) is 23.9 Å². The number of halogens is 3. The Morgan fingerprint density at radius 1 is 0.875 bits per heavy atom. The number of benzene rings is 2. The number of methoxy groups -OCH3 is 1. The van der Waals surface area contributed by atoms with Gasteiger partial charge in [-0.05, 0) is 37.4 Å². The van der Waals surface area contributed by atoms with E-state index in [4.69, 9.17) is 4.74 Å². The molecule has 0 radical (unpaired) electrons. The Morgan fingerprint density at radius 2 is 1.50 bits per heavy atom. The number of carbonyl (C=O) groups is 2. The molecule has 1 fully saturated rings. The van der Waals surface area contributed by atoms with Crippen LogP contribution >= 0.6 is 0 Å². The highest BCUT2D eigenvalue weighted by molar-refractivity contribution is 6.45. The lowest BCUT2D eigenvalue weighted by Gasteiger charge is -2.34. The summed E-state index contributed by atoms with van der Waals surface area (Å²) in [4.78, 5) is 31.9. The van der Waals surface area contributed by atoms with Gasteiger partial charge in [-0.25, -0.2) is 4.90 Å². The number of ether oxygens (including phenoxy) is 1. The average molecular weight is 445 g/mol. The predicted molar refractivity (Wildman–Crippen MR) is 113 cm³/mol. The van der Waals surface area contributed by atoms with Crippen LogP contribution in [-0.2, 0) is 15.8 Å². The van der Waals surface area contributed by atoms with Crippen molar-refractivity contribution in [1.29, 1.82) is 0 Å². The van der Waals surface area contributed by atoms with Gasteiger partial charge in [0.1, 0.15) is 11.4 Å². The lowest BCUT2D eigenvalue weighted by molar-refractivity contribution is -0.137. The molecule has 0 N–H and O–H groups in total. The molecule has 2 heterocycles. The van der Waals surface area contributed by atoms with Gasteiger partial charge in [0.15, 0.2) is 0 Å². The van der Waals surface area contributed by atoms with E-state index in [2.05, 4.69) is 4.90 Å². The maximum Gasteiger partial charge on any atom is 0.416 e. The second-order valence-corrected chi connectivity index (χ2v) is 7.70. The number of nitrogens with zero attached hydrogens (tertiary/aromatic N) is 3. The van der Waals surface area contributed by atoms with Crippen LogP contribution in [0.3, 0.4) is 0 Å². The number of imide groups is 1. The van der Waals surface area contributed by atoms with Crippen LogP contribution in [0.2, 0.25) is 0 Å². The van der Waals surface area contributed by atoms with Crippen LogP contribution in [-0.4, -0.2) is 62.0 Å². The third kappa shape index (κ3) is 3.84. The largest absolute Gasteiger partial charge is 0.496 e. The van der Waals surface area contributed by atoms with E-state index in [0.717, 1.165) is 29.2 Å². The van der Waals surface area contributed by atoms with Crippen molar-refractivity contribution in [2.45, 2.75) is 6.18 Å². The molecule has 0 aliphatic carbocycles. The van der Waals surface area contributed by atoms with Gasteiger partial charge in [-0.3, -0.25) is 9.59 Å². The van der Waals surface area contributed by atoms with Crippen LogP contribution in [0.15, 0.2) is 54.2 Å². The Balaban J connectivity index is 1.80. The zero-order valence-electron chi connectivity index (χ0n) is 17.6. The Hall–Kier alpha value is -3.33. The summed E-state index contributed by atoms with van der Waals surface area (Å²) in [7, 11) is 3.45. The lowest BCUT2D eigenvalue weighted by atomic mass is 10.0. The molecule has 4 rings (SSSR count). The van der Waals surface area contributed by atoms with Gasteiger partial charge < -0.3 is 14.5 Å². The maximum absolute atomic E-state index is 13.5. The maximum atomic E-state index is 13.5. The van der Waals surface area contributed by atoms with Crippen molar-refractivity contribution >= 4 is 23.1 Å². The molecule has 0 aromatic heterocycles. The van der Waals surface area contributed by atoms with Crippen molar-refractivity contribution in [3.8, 4) is 5.75 Å². The van der Waals surface area contributed by atoms with E-state index < -0.39 is 23.6 Å². The summed E-state index contributed by atoms with van der Waals surface area (Å²) in [5.74, 6) is -0.710. The summed E-state index contributed by atoms with van der Waals surface area (Å²) >= 11 is 0. The van der Waals surface area contributed by atoms with Gasteiger partial charge in [-0.2, -0.15) is 13.2 Å². The van der Waals surface area contributed by atoms with Crippen molar-refractivity contribution in [2.75, 3.05) is 45.2 Å². The smallest absolute Gasteiger partial charge is 0.416 e. The van der Waals surface area contributed by atoms with E-state index >= 15 is 0 Å². The first kappa shape index (κ1) is 21.9. The molecule has 2 aliphatic rings. The molecule has 32 heavy (non-hydrogen) atoms. The van der Waals surface area contributed by atoms with Gasteiger partial charge in [0.2, 0.25) is 0 Å². The monoisotopic (exact) mass is 445 g/mol. The molecule has 9 heteroatoms. The standard InChI is InChI=1S/C23H22F3N3O3/c1-27-11-13-28(14-12-27)20-19(17-5-3-4-6-18(17)32-2)21(30)29(22(20)31)16-9-7-15(8-10-16)23(24,25)26/h3-10H,11-14H2,1-2H3. The van der Waals surface area contributed by atoms with Crippen LogP contribution in [0.1, 0.15) is 11.1 Å². The second kappa shape index (κ2) is 8.31. The minimum atomic E-state index is -4.51. The minimum absolute atomic E-state index is 0.0875. The molecular weight excluding hydrogens is 423 g/mol. The predicted octanol–water partition coefficient (Wildman–Crippen LogP) is 3.25. The molecule has 168 valence electrons. The van der Waals surface area contributed by atoms with Crippen LogP contribution in [0.25, 0.3) is 5.57 Å². The number of hydrogen-bond acceptors (Lipinski definition) is 5. The highest BCUT2D eigenvalue weighted by Crippen LogP contribution is 2.39. The highest BCUT2D eigenvalue weighted by atomic mass is 19.4. The minimum Gasteiger partial charge on any atom is -0.496 e. The van der Waals surface area contributed by atoms with Crippen LogP contribution in [0, 0.1) is 0 Å².